The maximum atomic E-state index is 5.29. The summed E-state index contributed by atoms with van der Waals surface area (Å²) in [5.74, 6) is 0.858. The second-order valence-corrected chi connectivity index (χ2v) is 5.05. The molecule has 1 N–H and O–H groups in total. The van der Waals surface area contributed by atoms with E-state index in [-0.39, 0.29) is 6.04 Å². The van der Waals surface area contributed by atoms with Crippen LogP contribution >= 0.6 is 15.9 Å². The largest absolute Gasteiger partial charge is 0.497 e. The van der Waals surface area contributed by atoms with Crippen LogP contribution in [0.15, 0.2) is 34.9 Å². The highest BCUT2D eigenvalue weighted by atomic mass is 79.9. The summed E-state index contributed by atoms with van der Waals surface area (Å²) in [7, 11) is 3.63. The molecule has 1 heterocycles. The smallest absolute Gasteiger partial charge is 0.119 e. The molecule has 1 unspecified atom stereocenters. The lowest BCUT2D eigenvalue weighted by molar-refractivity contribution is 0.413. The van der Waals surface area contributed by atoms with Gasteiger partial charge in [-0.05, 0) is 47.6 Å². The van der Waals surface area contributed by atoms with Crippen molar-refractivity contribution in [3.05, 3.63) is 46.2 Å². The SMILES string of the molecule is CCn1ncc(Br)c1C(NC)c1cccc(OC)c1. The molecule has 0 saturated carbocycles. The summed E-state index contributed by atoms with van der Waals surface area (Å²) in [5.41, 5.74) is 2.27. The third kappa shape index (κ3) is 2.82. The molecule has 1 atom stereocenters. The molecule has 19 heavy (non-hydrogen) atoms. The summed E-state index contributed by atoms with van der Waals surface area (Å²) in [4.78, 5) is 0. The maximum absolute atomic E-state index is 5.29. The Hall–Kier alpha value is -1.33. The number of nitrogens with zero attached hydrogens (tertiary/aromatic N) is 2. The molecule has 0 aliphatic carbocycles. The van der Waals surface area contributed by atoms with E-state index in [9.17, 15) is 0 Å². The summed E-state index contributed by atoms with van der Waals surface area (Å²) in [6, 6.07) is 8.15. The Kier molecular flexibility index (Phi) is 4.61. The van der Waals surface area contributed by atoms with Gasteiger partial charge in [0.15, 0.2) is 0 Å². The fraction of sp³-hybridized carbons (Fsp3) is 0.357. The highest BCUT2D eigenvalue weighted by molar-refractivity contribution is 9.10. The van der Waals surface area contributed by atoms with Crippen LogP contribution in [0.3, 0.4) is 0 Å². The van der Waals surface area contributed by atoms with Gasteiger partial charge < -0.3 is 10.1 Å². The average molecular weight is 324 g/mol. The predicted molar refractivity (Wildman–Crippen MR) is 79.5 cm³/mol. The monoisotopic (exact) mass is 323 g/mol. The first kappa shape index (κ1) is 14.1. The second-order valence-electron chi connectivity index (χ2n) is 4.19. The Labute approximate surface area is 121 Å². The minimum absolute atomic E-state index is 0.0759. The predicted octanol–water partition coefficient (Wildman–Crippen LogP) is 2.98. The van der Waals surface area contributed by atoms with Crippen LogP contribution in [-0.2, 0) is 6.54 Å². The van der Waals surface area contributed by atoms with Gasteiger partial charge in [0, 0.05) is 6.54 Å². The molecule has 5 heteroatoms. The minimum atomic E-state index is 0.0759. The van der Waals surface area contributed by atoms with Crippen LogP contribution in [0.4, 0.5) is 0 Å². The van der Waals surface area contributed by atoms with Crippen molar-refractivity contribution in [1.82, 2.24) is 15.1 Å². The number of hydrogen-bond donors (Lipinski definition) is 1. The van der Waals surface area contributed by atoms with Gasteiger partial charge in [0.25, 0.3) is 0 Å². The van der Waals surface area contributed by atoms with Crippen molar-refractivity contribution in [2.75, 3.05) is 14.2 Å². The summed E-state index contributed by atoms with van der Waals surface area (Å²) in [6.07, 6.45) is 1.84. The fourth-order valence-corrected chi connectivity index (χ4v) is 2.72. The van der Waals surface area contributed by atoms with Crippen molar-refractivity contribution in [3.63, 3.8) is 0 Å². The highest BCUT2D eigenvalue weighted by Crippen LogP contribution is 2.29. The third-order valence-corrected chi connectivity index (χ3v) is 3.73. The molecule has 0 spiro atoms. The zero-order valence-electron chi connectivity index (χ0n) is 11.4. The molecule has 2 rings (SSSR count). The standard InChI is InChI=1S/C14H18BrN3O/c1-4-18-14(12(15)9-17-18)13(16-2)10-6-5-7-11(8-10)19-3/h5-9,13,16H,4H2,1-3H3. The Balaban J connectivity index is 2.46. The molecule has 0 radical (unpaired) electrons. The number of halogens is 1. The van der Waals surface area contributed by atoms with E-state index < -0.39 is 0 Å². The number of aryl methyl sites for hydroxylation is 1. The van der Waals surface area contributed by atoms with E-state index in [0.29, 0.717) is 0 Å². The number of hydrogen-bond acceptors (Lipinski definition) is 3. The maximum Gasteiger partial charge on any atom is 0.119 e. The molecule has 1 aromatic carbocycles. The van der Waals surface area contributed by atoms with Gasteiger partial charge in [0.1, 0.15) is 5.75 Å². The van der Waals surface area contributed by atoms with E-state index in [4.69, 9.17) is 4.74 Å². The van der Waals surface area contributed by atoms with Crippen LogP contribution in [0.5, 0.6) is 5.75 Å². The van der Waals surface area contributed by atoms with E-state index in [1.54, 1.807) is 7.11 Å². The van der Waals surface area contributed by atoms with Gasteiger partial charge in [-0.3, -0.25) is 4.68 Å². The van der Waals surface area contributed by atoms with Gasteiger partial charge >= 0.3 is 0 Å². The number of rotatable bonds is 5. The van der Waals surface area contributed by atoms with Crippen molar-refractivity contribution in [2.45, 2.75) is 19.5 Å². The molecule has 102 valence electrons. The molecular weight excluding hydrogens is 306 g/mol. The van der Waals surface area contributed by atoms with Crippen LogP contribution in [0.2, 0.25) is 0 Å². The van der Waals surface area contributed by atoms with Crippen molar-refractivity contribution >= 4 is 15.9 Å². The summed E-state index contributed by atoms with van der Waals surface area (Å²) >= 11 is 3.58. The van der Waals surface area contributed by atoms with E-state index in [2.05, 4.69) is 39.3 Å². The van der Waals surface area contributed by atoms with Gasteiger partial charge in [0.2, 0.25) is 0 Å². The number of methoxy groups -OCH3 is 1. The lowest BCUT2D eigenvalue weighted by Gasteiger charge is -2.19. The Bertz CT molecular complexity index is 553. The summed E-state index contributed by atoms with van der Waals surface area (Å²) in [6.45, 7) is 2.92. The number of nitrogens with one attached hydrogen (secondary N) is 1. The minimum Gasteiger partial charge on any atom is -0.497 e. The first-order valence-corrected chi connectivity index (χ1v) is 7.03. The highest BCUT2D eigenvalue weighted by Gasteiger charge is 2.20. The molecule has 1 aromatic heterocycles. The normalized spacial score (nSPS) is 12.4. The van der Waals surface area contributed by atoms with Gasteiger partial charge in [-0.2, -0.15) is 5.10 Å². The molecule has 4 nitrogen and oxygen atoms in total. The van der Waals surface area contributed by atoms with Crippen LogP contribution in [0.1, 0.15) is 24.2 Å². The lowest BCUT2D eigenvalue weighted by Crippen LogP contribution is -2.21. The number of ether oxygens (including phenoxy) is 1. The first-order valence-electron chi connectivity index (χ1n) is 6.23. The molecule has 0 amide bonds. The number of aromatic nitrogens is 2. The van der Waals surface area contributed by atoms with Crippen molar-refractivity contribution in [2.24, 2.45) is 0 Å². The van der Waals surface area contributed by atoms with Crippen molar-refractivity contribution < 1.29 is 4.74 Å². The molecule has 0 saturated heterocycles. The molecular formula is C14H18BrN3O. The molecule has 0 aliphatic heterocycles. The lowest BCUT2D eigenvalue weighted by atomic mass is 10.0. The summed E-state index contributed by atoms with van der Waals surface area (Å²) < 4.78 is 8.29. The Morgan fingerprint density at radius 1 is 1.47 bits per heavy atom. The van der Waals surface area contributed by atoms with Crippen LogP contribution in [0.25, 0.3) is 0 Å². The van der Waals surface area contributed by atoms with Gasteiger partial charge in [-0.1, -0.05) is 12.1 Å². The third-order valence-electron chi connectivity index (χ3n) is 3.12. The zero-order valence-corrected chi connectivity index (χ0v) is 12.9. The zero-order chi connectivity index (χ0) is 13.8. The van der Waals surface area contributed by atoms with Crippen molar-refractivity contribution in [1.29, 1.82) is 0 Å². The topological polar surface area (TPSA) is 39.1 Å². The van der Waals surface area contributed by atoms with Gasteiger partial charge in [-0.15, -0.1) is 0 Å². The second kappa shape index (κ2) is 6.21. The molecule has 0 aliphatic rings. The van der Waals surface area contributed by atoms with Crippen LogP contribution < -0.4 is 10.1 Å². The molecule has 2 aromatic rings. The van der Waals surface area contributed by atoms with Crippen LogP contribution in [-0.4, -0.2) is 23.9 Å². The number of benzene rings is 1. The Morgan fingerprint density at radius 2 is 2.26 bits per heavy atom. The molecule has 0 fully saturated rings. The fourth-order valence-electron chi connectivity index (χ4n) is 2.19. The van der Waals surface area contributed by atoms with Crippen molar-refractivity contribution in [3.8, 4) is 5.75 Å². The van der Waals surface area contributed by atoms with Gasteiger partial charge in [0.05, 0.1) is 29.5 Å². The average Bonchev–Trinajstić information content (AvgIpc) is 2.82. The van der Waals surface area contributed by atoms with E-state index in [1.807, 2.05) is 36.1 Å². The van der Waals surface area contributed by atoms with Crippen LogP contribution in [0, 0.1) is 0 Å². The van der Waals surface area contributed by atoms with E-state index in [0.717, 1.165) is 28.0 Å². The Morgan fingerprint density at radius 3 is 2.89 bits per heavy atom. The molecule has 0 bridgehead atoms. The first-order chi connectivity index (χ1) is 9.21. The summed E-state index contributed by atoms with van der Waals surface area (Å²) in [5, 5.41) is 7.71. The quantitative estimate of drug-likeness (QED) is 0.919. The van der Waals surface area contributed by atoms with E-state index in [1.165, 1.54) is 0 Å². The van der Waals surface area contributed by atoms with Gasteiger partial charge in [-0.25, -0.2) is 0 Å². The van der Waals surface area contributed by atoms with E-state index >= 15 is 0 Å².